The van der Waals surface area contributed by atoms with Crippen molar-refractivity contribution in [1.29, 1.82) is 0 Å². The molecule has 0 unspecified atom stereocenters. The number of unbranched alkanes of at least 4 members (excludes halogenated alkanes) is 10. The molecule has 1 N–H and O–H groups in total. The quantitative estimate of drug-likeness (QED) is 0.247. The summed E-state index contributed by atoms with van der Waals surface area (Å²) in [6.45, 7) is 4.98. The first-order chi connectivity index (χ1) is 9.62. The Morgan fingerprint density at radius 2 is 1.00 bits per heavy atom. The Morgan fingerprint density at radius 1 is 0.619 bits per heavy atom. The zero-order chi connectivity index (χ0) is 15.1. The first-order valence-electron chi connectivity index (χ1n) is 9.05. The van der Waals surface area contributed by atoms with Crippen LogP contribution in [0.2, 0.25) is 0 Å². The molecule has 0 aromatic rings. The molecular formula is C18H40INO. The van der Waals surface area contributed by atoms with Gasteiger partial charge < -0.3 is 33.6 Å². The molecular weight excluding hydrogens is 373 g/mol. The van der Waals surface area contributed by atoms with Crippen LogP contribution in [0.15, 0.2) is 0 Å². The second-order valence-electron chi connectivity index (χ2n) is 7.00. The Balaban J connectivity index is 0. The van der Waals surface area contributed by atoms with Gasteiger partial charge in [0.05, 0.1) is 27.2 Å². The van der Waals surface area contributed by atoms with Crippen molar-refractivity contribution >= 4 is 0 Å². The van der Waals surface area contributed by atoms with Gasteiger partial charge in [-0.2, -0.15) is 0 Å². The van der Waals surface area contributed by atoms with E-state index in [1.54, 1.807) is 0 Å². The fraction of sp³-hybridized carbons (Fsp3) is 1.00. The van der Waals surface area contributed by atoms with E-state index in [4.69, 9.17) is 5.11 Å². The lowest BCUT2D eigenvalue weighted by molar-refractivity contribution is -0.890. The third-order valence-corrected chi connectivity index (χ3v) is 4.29. The average Bonchev–Trinajstić information content (AvgIpc) is 2.42. The summed E-state index contributed by atoms with van der Waals surface area (Å²) in [5.74, 6) is 0. The number of aliphatic hydroxyl groups is 1. The van der Waals surface area contributed by atoms with Crippen LogP contribution < -0.4 is 24.0 Å². The van der Waals surface area contributed by atoms with Crippen LogP contribution in [0, 0.1) is 0 Å². The van der Waals surface area contributed by atoms with Crippen molar-refractivity contribution in [3.63, 3.8) is 0 Å². The number of nitrogens with zero attached hydrogens (tertiary/aromatic N) is 1. The Labute approximate surface area is 151 Å². The zero-order valence-corrected chi connectivity index (χ0v) is 17.0. The molecule has 0 saturated heterocycles. The van der Waals surface area contributed by atoms with E-state index in [-0.39, 0.29) is 24.0 Å². The molecule has 0 radical (unpaired) electrons. The molecule has 21 heavy (non-hydrogen) atoms. The van der Waals surface area contributed by atoms with Crippen LogP contribution in [-0.2, 0) is 0 Å². The molecule has 2 nitrogen and oxygen atoms in total. The van der Waals surface area contributed by atoms with Gasteiger partial charge in [-0.15, -0.1) is 0 Å². The molecule has 0 saturated carbocycles. The Hall–Kier alpha value is 0.650. The van der Waals surface area contributed by atoms with E-state index >= 15 is 0 Å². The number of rotatable bonds is 15. The normalized spacial score (nSPS) is 11.4. The molecule has 0 spiro atoms. The van der Waals surface area contributed by atoms with E-state index in [0.717, 1.165) is 17.4 Å². The molecule has 130 valence electrons. The first-order valence-corrected chi connectivity index (χ1v) is 9.05. The van der Waals surface area contributed by atoms with Gasteiger partial charge in [-0.25, -0.2) is 0 Å². The lowest BCUT2D eigenvalue weighted by Gasteiger charge is -2.29. The van der Waals surface area contributed by atoms with Gasteiger partial charge in [-0.1, -0.05) is 64.7 Å². The number of aliphatic hydroxyl groups excluding tert-OH is 1. The van der Waals surface area contributed by atoms with Crippen LogP contribution >= 0.6 is 0 Å². The minimum atomic E-state index is 0. The summed E-state index contributed by atoms with van der Waals surface area (Å²) in [5, 5.41) is 8.88. The lowest BCUT2D eigenvalue weighted by Crippen LogP contribution is -3.00. The number of halogens is 1. The van der Waals surface area contributed by atoms with Crippen LogP contribution in [0.5, 0.6) is 0 Å². The van der Waals surface area contributed by atoms with E-state index in [1.807, 2.05) is 0 Å². The fourth-order valence-corrected chi connectivity index (χ4v) is 2.81. The fourth-order valence-electron chi connectivity index (χ4n) is 2.81. The minimum Gasteiger partial charge on any atom is -1.00 e. The molecule has 0 heterocycles. The van der Waals surface area contributed by atoms with Gasteiger partial charge in [0.25, 0.3) is 0 Å². The first kappa shape index (κ1) is 23.9. The zero-order valence-electron chi connectivity index (χ0n) is 14.9. The standard InChI is InChI=1S/C18H40NO.HI/c1-4-5-6-7-8-9-10-11-12-13-14-16-19(2,3)17-15-18-20;/h20H,4-18H2,1-3H3;1H/q+1;/p-1. The summed E-state index contributed by atoms with van der Waals surface area (Å²) in [4.78, 5) is 0. The molecule has 0 atom stereocenters. The van der Waals surface area contributed by atoms with Crippen molar-refractivity contribution in [3.8, 4) is 0 Å². The van der Waals surface area contributed by atoms with Crippen molar-refractivity contribution in [3.05, 3.63) is 0 Å². The predicted octanol–water partition coefficient (Wildman–Crippen LogP) is 1.76. The highest BCUT2D eigenvalue weighted by Gasteiger charge is 2.12. The van der Waals surface area contributed by atoms with Crippen molar-refractivity contribution in [2.75, 3.05) is 33.8 Å². The monoisotopic (exact) mass is 413 g/mol. The van der Waals surface area contributed by atoms with Gasteiger partial charge in [0.15, 0.2) is 0 Å². The number of hydrogen-bond acceptors (Lipinski definition) is 1. The van der Waals surface area contributed by atoms with Crippen LogP contribution in [0.4, 0.5) is 0 Å². The summed E-state index contributed by atoms with van der Waals surface area (Å²) >= 11 is 0. The van der Waals surface area contributed by atoms with Crippen molar-refractivity contribution in [1.82, 2.24) is 0 Å². The number of quaternary nitrogens is 1. The minimum absolute atomic E-state index is 0. The average molecular weight is 413 g/mol. The van der Waals surface area contributed by atoms with Gasteiger partial charge in [-0.3, -0.25) is 0 Å². The highest BCUT2D eigenvalue weighted by Crippen LogP contribution is 2.12. The van der Waals surface area contributed by atoms with E-state index < -0.39 is 0 Å². The maximum Gasteiger partial charge on any atom is 0.0804 e. The maximum absolute atomic E-state index is 8.88. The molecule has 0 aliphatic heterocycles. The second kappa shape index (κ2) is 17.0. The summed E-state index contributed by atoms with van der Waals surface area (Å²) < 4.78 is 1.07. The van der Waals surface area contributed by atoms with E-state index in [2.05, 4.69) is 21.0 Å². The van der Waals surface area contributed by atoms with Crippen LogP contribution in [0.25, 0.3) is 0 Å². The molecule has 0 amide bonds. The molecule has 0 aromatic heterocycles. The smallest absolute Gasteiger partial charge is 0.0804 e. The SMILES string of the molecule is CCCCCCCCCCCCC[N+](C)(C)CCCO.[I-]. The molecule has 3 heteroatoms. The Morgan fingerprint density at radius 3 is 1.43 bits per heavy atom. The van der Waals surface area contributed by atoms with Crippen molar-refractivity contribution in [2.45, 2.75) is 84.0 Å². The van der Waals surface area contributed by atoms with Crippen LogP contribution in [0.1, 0.15) is 84.0 Å². The summed E-state index contributed by atoms with van der Waals surface area (Å²) in [7, 11) is 4.57. The molecule has 0 aliphatic rings. The summed E-state index contributed by atoms with van der Waals surface area (Å²) in [5.41, 5.74) is 0. The highest BCUT2D eigenvalue weighted by atomic mass is 127. The van der Waals surface area contributed by atoms with Gasteiger partial charge in [0, 0.05) is 13.0 Å². The van der Waals surface area contributed by atoms with Gasteiger partial charge >= 0.3 is 0 Å². The third-order valence-electron chi connectivity index (χ3n) is 4.29. The van der Waals surface area contributed by atoms with Crippen molar-refractivity contribution in [2.24, 2.45) is 0 Å². The van der Waals surface area contributed by atoms with E-state index in [0.29, 0.717) is 6.61 Å². The molecule has 0 rings (SSSR count). The van der Waals surface area contributed by atoms with Gasteiger partial charge in [0.1, 0.15) is 0 Å². The van der Waals surface area contributed by atoms with Crippen molar-refractivity contribution < 1.29 is 33.6 Å². The maximum atomic E-state index is 8.88. The largest absolute Gasteiger partial charge is 1.00 e. The number of hydrogen-bond donors (Lipinski definition) is 1. The third kappa shape index (κ3) is 18.6. The Kier molecular flexibility index (Phi) is 19.4. The van der Waals surface area contributed by atoms with E-state index in [1.165, 1.54) is 77.2 Å². The summed E-state index contributed by atoms with van der Waals surface area (Å²) in [6, 6.07) is 0. The molecule has 0 aliphatic carbocycles. The molecule has 0 fully saturated rings. The summed E-state index contributed by atoms with van der Waals surface area (Å²) in [6.07, 6.45) is 16.5. The Bertz CT molecular complexity index is 198. The second-order valence-corrected chi connectivity index (χ2v) is 7.00. The van der Waals surface area contributed by atoms with Gasteiger partial charge in [-0.05, 0) is 12.8 Å². The van der Waals surface area contributed by atoms with Crippen LogP contribution in [0.3, 0.4) is 0 Å². The lowest BCUT2D eigenvalue weighted by atomic mass is 10.1. The van der Waals surface area contributed by atoms with E-state index in [9.17, 15) is 0 Å². The molecule has 0 aromatic carbocycles. The molecule has 0 bridgehead atoms. The predicted molar refractivity (Wildman–Crippen MR) is 90.0 cm³/mol. The van der Waals surface area contributed by atoms with Crippen LogP contribution in [-0.4, -0.2) is 43.4 Å². The van der Waals surface area contributed by atoms with Gasteiger partial charge in [0.2, 0.25) is 0 Å². The topological polar surface area (TPSA) is 20.2 Å². The highest BCUT2D eigenvalue weighted by molar-refractivity contribution is 4.48.